The molecule has 0 spiro atoms. The predicted octanol–water partition coefficient (Wildman–Crippen LogP) is 4.19. The Morgan fingerprint density at radius 3 is 2.54 bits per heavy atom. The minimum Gasteiger partial charge on any atom is -0.329 e. The van der Waals surface area contributed by atoms with E-state index in [9.17, 15) is 9.18 Å². The van der Waals surface area contributed by atoms with Gasteiger partial charge in [-0.1, -0.05) is 13.8 Å². The average Bonchev–Trinajstić information content (AvgIpc) is 3.26. The van der Waals surface area contributed by atoms with Gasteiger partial charge in [-0.2, -0.15) is 4.37 Å². The monoisotopic (exact) mass is 399 g/mol. The molecule has 4 rings (SSSR count). The van der Waals surface area contributed by atoms with E-state index >= 15 is 0 Å². The first kappa shape index (κ1) is 18.7. The number of aromatic nitrogens is 4. The largest absolute Gasteiger partial charge is 0.329 e. The number of aryl methyl sites for hydroxylation is 1. The molecule has 0 aliphatic carbocycles. The lowest BCUT2D eigenvalue weighted by molar-refractivity contribution is 0.0643. The van der Waals surface area contributed by atoms with Gasteiger partial charge in [0.05, 0.1) is 17.4 Å². The molecule has 3 aromatic rings. The number of halogens is 1. The van der Waals surface area contributed by atoms with Crippen LogP contribution in [0.3, 0.4) is 0 Å². The van der Waals surface area contributed by atoms with Crippen molar-refractivity contribution >= 4 is 17.4 Å². The molecule has 1 aliphatic rings. The van der Waals surface area contributed by atoms with Gasteiger partial charge in [0.2, 0.25) is 0 Å². The Hall–Kier alpha value is -2.61. The van der Waals surface area contributed by atoms with Crippen LogP contribution in [0.2, 0.25) is 0 Å². The summed E-state index contributed by atoms with van der Waals surface area (Å²) < 4.78 is 19.7. The highest BCUT2D eigenvalue weighted by Crippen LogP contribution is 2.37. The number of fused-ring (bicyclic) bond motifs is 1. The van der Waals surface area contributed by atoms with Crippen LogP contribution in [0.15, 0.2) is 24.3 Å². The molecule has 8 heteroatoms. The van der Waals surface area contributed by atoms with Crippen LogP contribution in [-0.4, -0.2) is 36.3 Å². The van der Waals surface area contributed by atoms with E-state index in [0.717, 1.165) is 28.0 Å². The molecule has 2 aromatic heterocycles. The normalized spacial score (nSPS) is 16.5. The lowest BCUT2D eigenvalue weighted by Gasteiger charge is -2.36. The first-order valence-corrected chi connectivity index (χ1v) is 10.1. The van der Waals surface area contributed by atoms with Gasteiger partial charge in [-0.25, -0.2) is 14.4 Å². The molecule has 0 N–H and O–H groups in total. The molecule has 146 valence electrons. The van der Waals surface area contributed by atoms with Gasteiger partial charge < -0.3 is 9.47 Å². The van der Waals surface area contributed by atoms with Crippen molar-refractivity contribution < 1.29 is 9.18 Å². The van der Waals surface area contributed by atoms with Crippen LogP contribution in [0.1, 0.15) is 60.3 Å². The number of rotatable bonds is 3. The maximum absolute atomic E-state index is 13.2. The number of benzene rings is 1. The van der Waals surface area contributed by atoms with E-state index in [4.69, 9.17) is 4.98 Å². The second-order valence-electron chi connectivity index (χ2n) is 7.34. The summed E-state index contributed by atoms with van der Waals surface area (Å²) in [5, 5.41) is 0.802. The van der Waals surface area contributed by atoms with Crippen LogP contribution in [0.25, 0.3) is 10.8 Å². The highest BCUT2D eigenvalue weighted by molar-refractivity contribution is 7.09. The molecular formula is C20H22FN5OS. The van der Waals surface area contributed by atoms with Gasteiger partial charge in [0.25, 0.3) is 5.91 Å². The predicted molar refractivity (Wildman–Crippen MR) is 106 cm³/mol. The summed E-state index contributed by atoms with van der Waals surface area (Å²) in [4.78, 5) is 24.3. The average molecular weight is 399 g/mol. The molecule has 0 saturated carbocycles. The van der Waals surface area contributed by atoms with Gasteiger partial charge in [0.1, 0.15) is 11.6 Å². The van der Waals surface area contributed by atoms with Crippen LogP contribution in [0.5, 0.6) is 0 Å². The fraction of sp³-hybridized carbons (Fsp3) is 0.400. The molecule has 0 radical (unpaired) electrons. The second kappa shape index (κ2) is 7.09. The number of imidazole rings is 1. The van der Waals surface area contributed by atoms with E-state index in [0.29, 0.717) is 18.7 Å². The van der Waals surface area contributed by atoms with E-state index in [1.54, 1.807) is 0 Å². The first-order valence-electron chi connectivity index (χ1n) is 9.34. The van der Waals surface area contributed by atoms with Crippen LogP contribution in [0.4, 0.5) is 4.39 Å². The minimum atomic E-state index is -0.347. The highest BCUT2D eigenvalue weighted by atomic mass is 32.1. The van der Waals surface area contributed by atoms with E-state index in [1.165, 1.54) is 35.8 Å². The third kappa shape index (κ3) is 3.11. The van der Waals surface area contributed by atoms with Crippen molar-refractivity contribution in [2.24, 2.45) is 0 Å². The maximum atomic E-state index is 13.2. The summed E-state index contributed by atoms with van der Waals surface area (Å²) in [7, 11) is 0. The molecule has 1 unspecified atom stereocenters. The summed E-state index contributed by atoms with van der Waals surface area (Å²) in [6.07, 6.45) is 0. The molecule has 28 heavy (non-hydrogen) atoms. The fourth-order valence-electron chi connectivity index (χ4n) is 3.71. The van der Waals surface area contributed by atoms with Crippen molar-refractivity contribution in [1.29, 1.82) is 0 Å². The number of nitrogens with zero attached hydrogens (tertiary/aromatic N) is 5. The lowest BCUT2D eigenvalue weighted by atomic mass is 10.0. The van der Waals surface area contributed by atoms with E-state index < -0.39 is 0 Å². The van der Waals surface area contributed by atoms with Crippen LogP contribution < -0.4 is 0 Å². The van der Waals surface area contributed by atoms with Gasteiger partial charge >= 0.3 is 0 Å². The maximum Gasteiger partial charge on any atom is 0.254 e. The molecule has 1 aromatic carbocycles. The summed E-state index contributed by atoms with van der Waals surface area (Å²) in [5.74, 6) is 1.33. The Labute approximate surface area is 167 Å². The number of carbonyl (C=O) groups excluding carboxylic acids is 1. The molecule has 1 atom stereocenters. The van der Waals surface area contributed by atoms with E-state index in [1.807, 2.05) is 18.7 Å². The lowest BCUT2D eigenvalue weighted by Crippen LogP contribution is -2.41. The Kier molecular flexibility index (Phi) is 4.74. The molecular weight excluding hydrogens is 377 g/mol. The topological polar surface area (TPSA) is 63.9 Å². The molecule has 0 fully saturated rings. The molecule has 1 aliphatic heterocycles. The summed E-state index contributed by atoms with van der Waals surface area (Å²) >= 11 is 1.35. The van der Waals surface area contributed by atoms with Gasteiger partial charge in [0, 0.05) is 18.7 Å². The Bertz CT molecular complexity index is 1020. The number of hydrogen-bond donors (Lipinski definition) is 0. The summed E-state index contributed by atoms with van der Waals surface area (Å²) in [6, 6.07) is 5.58. The number of amides is 1. The highest BCUT2D eigenvalue weighted by Gasteiger charge is 2.34. The Balaban J connectivity index is 1.74. The molecule has 3 heterocycles. The standard InChI is InChI=1S/C20H22FN5OS/c1-11(2)16-17-12(3)25(20(27)14-5-7-15(21)8-6-14)9-10-26(17)18(23-16)19-22-13(4)24-28-19/h5-8,11-12H,9-10H2,1-4H3. The third-order valence-electron chi connectivity index (χ3n) is 5.08. The zero-order valence-corrected chi connectivity index (χ0v) is 17.1. The van der Waals surface area contributed by atoms with Gasteiger partial charge in [-0.3, -0.25) is 4.79 Å². The van der Waals surface area contributed by atoms with Crippen molar-refractivity contribution in [3.63, 3.8) is 0 Å². The van der Waals surface area contributed by atoms with Crippen LogP contribution in [-0.2, 0) is 6.54 Å². The molecule has 0 saturated heterocycles. The summed E-state index contributed by atoms with van der Waals surface area (Å²) in [5.41, 5.74) is 2.51. The number of hydrogen-bond acceptors (Lipinski definition) is 5. The van der Waals surface area contributed by atoms with Crippen molar-refractivity contribution in [1.82, 2.24) is 23.8 Å². The first-order chi connectivity index (χ1) is 13.4. The van der Waals surface area contributed by atoms with Gasteiger partial charge in [-0.05, 0) is 55.6 Å². The Morgan fingerprint density at radius 1 is 1.21 bits per heavy atom. The molecule has 6 nitrogen and oxygen atoms in total. The van der Waals surface area contributed by atoms with Crippen molar-refractivity contribution in [3.05, 3.63) is 52.9 Å². The quantitative estimate of drug-likeness (QED) is 0.662. The van der Waals surface area contributed by atoms with Crippen LogP contribution in [0, 0.1) is 12.7 Å². The van der Waals surface area contributed by atoms with Crippen molar-refractivity contribution in [3.8, 4) is 10.8 Å². The fourth-order valence-corrected chi connectivity index (χ4v) is 4.38. The number of carbonyl (C=O) groups is 1. The zero-order valence-electron chi connectivity index (χ0n) is 16.3. The molecule has 1 amide bonds. The van der Waals surface area contributed by atoms with E-state index in [-0.39, 0.29) is 23.7 Å². The molecule has 0 bridgehead atoms. The van der Waals surface area contributed by atoms with Gasteiger partial charge in [0.15, 0.2) is 10.8 Å². The second-order valence-corrected chi connectivity index (χ2v) is 8.09. The minimum absolute atomic E-state index is 0.0945. The third-order valence-corrected chi connectivity index (χ3v) is 5.88. The van der Waals surface area contributed by atoms with E-state index in [2.05, 4.69) is 27.8 Å². The Morgan fingerprint density at radius 2 is 1.93 bits per heavy atom. The van der Waals surface area contributed by atoms with Gasteiger partial charge in [-0.15, -0.1) is 0 Å². The van der Waals surface area contributed by atoms with Crippen LogP contribution >= 0.6 is 11.5 Å². The van der Waals surface area contributed by atoms with Crippen molar-refractivity contribution in [2.45, 2.75) is 46.2 Å². The summed E-state index contributed by atoms with van der Waals surface area (Å²) in [6.45, 7) is 9.30. The smallest absolute Gasteiger partial charge is 0.254 e. The van der Waals surface area contributed by atoms with Crippen molar-refractivity contribution in [2.75, 3.05) is 6.54 Å². The SMILES string of the molecule is Cc1nsc(-c2nc(C(C)C)c3n2CCN(C(=O)c2ccc(F)cc2)C3C)n1. The zero-order chi connectivity index (χ0) is 20.0.